The van der Waals surface area contributed by atoms with Gasteiger partial charge in [0.25, 0.3) is 0 Å². The largest absolute Gasteiger partial charge is 0.748 e. The average molecular weight is 299 g/mol. The Balaban J connectivity index is 0.000000246. The Hall–Kier alpha value is -1.77. The molecule has 0 fully saturated rings. The van der Waals surface area contributed by atoms with Crippen LogP contribution in [0.3, 0.4) is 0 Å². The molecule has 0 saturated heterocycles. The van der Waals surface area contributed by atoms with Crippen molar-refractivity contribution < 1.29 is 22.5 Å². The molecule has 2 heterocycles. The molecule has 2 aromatic rings. The predicted octanol–water partition coefficient (Wildman–Crippen LogP) is -0.367. The van der Waals surface area contributed by atoms with Gasteiger partial charge in [0.15, 0.2) is 5.69 Å². The molecule has 0 radical (unpaired) electrons. The number of aromatic nitrogens is 2. The first kappa shape index (κ1) is 16.3. The van der Waals surface area contributed by atoms with Gasteiger partial charge in [0.2, 0.25) is 5.75 Å². The van der Waals surface area contributed by atoms with Gasteiger partial charge >= 0.3 is 5.65 Å². The Kier molecular flexibility index (Phi) is 5.37. The molecule has 0 saturated carbocycles. The second kappa shape index (κ2) is 6.60. The molecular weight excluding hydrogens is 282 g/mol. The quantitative estimate of drug-likeness (QED) is 0.576. The highest BCUT2D eigenvalue weighted by Gasteiger charge is 2.12. The minimum Gasteiger partial charge on any atom is -0.748 e. The van der Waals surface area contributed by atoms with Crippen molar-refractivity contribution in [3.63, 3.8) is 0 Å². The van der Waals surface area contributed by atoms with Crippen LogP contribution in [0.4, 0.5) is 0 Å². The molecule has 0 aliphatic rings. The highest BCUT2D eigenvalue weighted by molar-refractivity contribution is 7.85. The van der Waals surface area contributed by atoms with E-state index >= 15 is 0 Å². The molecule has 0 amide bonds. The zero-order valence-electron chi connectivity index (χ0n) is 11.3. The monoisotopic (exact) mass is 299 g/mol. The molecule has 0 aliphatic heterocycles. The van der Waals surface area contributed by atoms with Crippen LogP contribution in [0.5, 0.6) is 5.75 Å². The first-order valence-corrected chi connectivity index (χ1v) is 7.43. The number of hydrogen-bond acceptors (Lipinski definition) is 6. The van der Waals surface area contributed by atoms with Crippen molar-refractivity contribution in [1.82, 2.24) is 4.98 Å². The van der Waals surface area contributed by atoms with Gasteiger partial charge in [0, 0.05) is 19.5 Å². The fourth-order valence-corrected chi connectivity index (χ4v) is 1.89. The minimum atomic E-state index is -4.05. The molecule has 7 nitrogen and oxygen atoms in total. The number of nitrogens with two attached hydrogens (primary N) is 1. The lowest BCUT2D eigenvalue weighted by Gasteiger charge is -2.00. The molecule has 0 aromatic carbocycles. The van der Waals surface area contributed by atoms with Gasteiger partial charge in [-0.15, -0.1) is 0 Å². The zero-order valence-corrected chi connectivity index (χ0v) is 12.1. The second-order valence-corrected chi connectivity index (χ2v) is 5.70. The summed E-state index contributed by atoms with van der Waals surface area (Å²) >= 11 is 0. The van der Waals surface area contributed by atoms with Crippen molar-refractivity contribution in [1.29, 1.82) is 0 Å². The van der Waals surface area contributed by atoms with Gasteiger partial charge < -0.3 is 15.4 Å². The van der Waals surface area contributed by atoms with Crippen LogP contribution >= 0.6 is 0 Å². The van der Waals surface area contributed by atoms with Crippen molar-refractivity contribution >= 4 is 15.8 Å². The van der Waals surface area contributed by atoms with E-state index in [1.54, 1.807) is 12.1 Å². The fourth-order valence-electron chi connectivity index (χ4n) is 1.60. The molecule has 2 aromatic heterocycles. The van der Waals surface area contributed by atoms with Crippen LogP contribution in [-0.4, -0.2) is 35.4 Å². The molecular formula is C12H17N3O4S. The van der Waals surface area contributed by atoms with Crippen molar-refractivity contribution in [2.75, 3.05) is 12.3 Å². The van der Waals surface area contributed by atoms with Crippen LogP contribution in [0.15, 0.2) is 24.4 Å². The van der Waals surface area contributed by atoms with Gasteiger partial charge in [-0.2, -0.15) is 4.40 Å². The lowest BCUT2D eigenvalue weighted by Crippen LogP contribution is -2.26. The lowest BCUT2D eigenvalue weighted by molar-refractivity contribution is -0.523. The van der Waals surface area contributed by atoms with Gasteiger partial charge in [-0.3, -0.25) is 0 Å². The maximum atomic E-state index is 9.60. The van der Waals surface area contributed by atoms with E-state index in [0.717, 1.165) is 11.4 Å². The number of fused-ring (bicyclic) bond motifs is 1. The molecule has 0 bridgehead atoms. The summed E-state index contributed by atoms with van der Waals surface area (Å²) in [6.45, 7) is 3.81. The molecule has 8 heteroatoms. The first-order chi connectivity index (χ1) is 9.24. The normalized spacial score (nSPS) is 11.0. The zero-order chi connectivity index (χ0) is 15.3. The topological polar surface area (TPSA) is 120 Å². The molecule has 20 heavy (non-hydrogen) atoms. The Bertz CT molecular complexity index is 701. The van der Waals surface area contributed by atoms with Gasteiger partial charge in [-0.05, 0) is 24.0 Å². The Morgan fingerprint density at radius 2 is 2.10 bits per heavy atom. The SMILES string of the molecule is Cc1cc(C)[n+]2cccc(O)c2n1.NCCS(=O)(=O)[O-]. The summed E-state index contributed by atoms with van der Waals surface area (Å²) in [7, 11) is -4.05. The summed E-state index contributed by atoms with van der Waals surface area (Å²) in [6.07, 6.45) is 1.89. The van der Waals surface area contributed by atoms with E-state index in [-0.39, 0.29) is 12.3 Å². The fraction of sp³-hybridized carbons (Fsp3) is 0.333. The van der Waals surface area contributed by atoms with Crippen LogP contribution in [-0.2, 0) is 10.1 Å². The van der Waals surface area contributed by atoms with E-state index in [1.165, 1.54) is 0 Å². The molecule has 0 unspecified atom stereocenters. The third kappa shape index (κ3) is 4.72. The maximum Gasteiger partial charge on any atom is 0.370 e. The van der Waals surface area contributed by atoms with E-state index in [1.807, 2.05) is 30.5 Å². The highest BCUT2D eigenvalue weighted by atomic mass is 32.2. The summed E-state index contributed by atoms with van der Waals surface area (Å²) in [5.74, 6) is -0.248. The third-order valence-electron chi connectivity index (χ3n) is 2.39. The van der Waals surface area contributed by atoms with E-state index in [4.69, 9.17) is 5.73 Å². The van der Waals surface area contributed by atoms with Crippen LogP contribution in [0.25, 0.3) is 5.65 Å². The molecule has 0 aliphatic carbocycles. The van der Waals surface area contributed by atoms with Gasteiger partial charge in [-0.25, -0.2) is 8.42 Å². The van der Waals surface area contributed by atoms with Crippen molar-refractivity contribution in [2.24, 2.45) is 5.73 Å². The molecule has 0 atom stereocenters. The summed E-state index contributed by atoms with van der Waals surface area (Å²) in [4.78, 5) is 4.25. The molecule has 110 valence electrons. The average Bonchev–Trinajstić information content (AvgIpc) is 2.30. The minimum absolute atomic E-state index is 0.0914. The van der Waals surface area contributed by atoms with E-state index in [9.17, 15) is 18.1 Å². The molecule has 2 rings (SSSR count). The van der Waals surface area contributed by atoms with Gasteiger partial charge in [0.05, 0.1) is 22.1 Å². The lowest BCUT2D eigenvalue weighted by atomic mass is 10.3. The maximum absolute atomic E-state index is 9.60. The number of nitrogens with zero attached hydrogens (tertiary/aromatic N) is 2. The Labute approximate surface area is 117 Å². The number of aryl methyl sites for hydroxylation is 2. The molecule has 0 spiro atoms. The number of rotatable bonds is 2. The summed E-state index contributed by atoms with van der Waals surface area (Å²) in [5, 5.41) is 9.54. The first-order valence-electron chi connectivity index (χ1n) is 5.86. The number of pyridine rings is 1. The molecule has 3 N–H and O–H groups in total. The number of aromatic hydroxyl groups is 1. The van der Waals surface area contributed by atoms with Crippen LogP contribution in [0, 0.1) is 13.8 Å². The van der Waals surface area contributed by atoms with Crippen LogP contribution in [0.2, 0.25) is 0 Å². The summed E-state index contributed by atoms with van der Waals surface area (Å²) < 4.78 is 30.7. The van der Waals surface area contributed by atoms with Crippen molar-refractivity contribution in [3.8, 4) is 5.75 Å². The summed E-state index contributed by atoms with van der Waals surface area (Å²) in [5.41, 5.74) is 7.33. The van der Waals surface area contributed by atoms with E-state index in [2.05, 4.69) is 4.98 Å². The van der Waals surface area contributed by atoms with E-state index < -0.39 is 15.9 Å². The smallest absolute Gasteiger partial charge is 0.370 e. The van der Waals surface area contributed by atoms with Crippen molar-refractivity contribution in [2.45, 2.75) is 13.8 Å². The van der Waals surface area contributed by atoms with Crippen LogP contribution in [0.1, 0.15) is 11.4 Å². The Morgan fingerprint density at radius 3 is 2.60 bits per heavy atom. The Morgan fingerprint density at radius 1 is 1.45 bits per heavy atom. The van der Waals surface area contributed by atoms with E-state index in [0.29, 0.717) is 5.65 Å². The number of hydrogen-bond donors (Lipinski definition) is 2. The van der Waals surface area contributed by atoms with Gasteiger partial charge in [0.1, 0.15) is 5.69 Å². The predicted molar refractivity (Wildman–Crippen MR) is 72.2 cm³/mol. The summed E-state index contributed by atoms with van der Waals surface area (Å²) in [6, 6.07) is 5.42. The third-order valence-corrected chi connectivity index (χ3v) is 3.13. The van der Waals surface area contributed by atoms with Gasteiger partial charge in [-0.1, -0.05) is 0 Å². The highest BCUT2D eigenvalue weighted by Crippen LogP contribution is 2.11. The standard InChI is InChI=1S/C10H10N2O.C2H7NO3S/c1-7-6-8(2)12-5-3-4-9(13)10(12)11-7;3-1-2-7(4,5)6/h3-6H,1-2H3;1-3H2,(H,4,5,6). The van der Waals surface area contributed by atoms with Crippen molar-refractivity contribution in [3.05, 3.63) is 35.8 Å². The second-order valence-electron chi connectivity index (χ2n) is 4.18. The van der Waals surface area contributed by atoms with Crippen LogP contribution < -0.4 is 10.1 Å².